The molecular formula is C29H44N2O10S. The Morgan fingerprint density at radius 2 is 1.62 bits per heavy atom. The van der Waals surface area contributed by atoms with Gasteiger partial charge in [0, 0.05) is 32.2 Å². The van der Waals surface area contributed by atoms with E-state index in [0.29, 0.717) is 37.3 Å². The zero-order chi connectivity index (χ0) is 31.4. The number of unbranched alkanes of at least 4 members (excludes halogenated alkanes) is 4. The van der Waals surface area contributed by atoms with Gasteiger partial charge < -0.3 is 35.6 Å². The van der Waals surface area contributed by atoms with E-state index < -0.39 is 34.6 Å². The van der Waals surface area contributed by atoms with E-state index in [9.17, 15) is 28.5 Å². The Morgan fingerprint density at radius 3 is 2.29 bits per heavy atom. The van der Waals surface area contributed by atoms with Crippen LogP contribution in [0.2, 0.25) is 0 Å². The van der Waals surface area contributed by atoms with E-state index >= 15 is 0 Å². The van der Waals surface area contributed by atoms with E-state index in [0.717, 1.165) is 57.6 Å². The quantitative estimate of drug-likeness (QED) is 0.108. The van der Waals surface area contributed by atoms with Crippen molar-refractivity contribution in [1.29, 1.82) is 0 Å². The summed E-state index contributed by atoms with van der Waals surface area (Å²) in [5, 5.41) is 48.4. The number of aliphatic hydroxyl groups is 2. The van der Waals surface area contributed by atoms with E-state index in [1.807, 2.05) is 6.07 Å². The SMILES string of the molecule is CC(=O)O.O=C(O)CNS(=O)(=O)c1cccc(CCCCOCCCCCCNC[C@H](O)c2ccc(O)c(CO)c2)c1. The predicted octanol–water partition coefficient (Wildman–Crippen LogP) is 2.56. The van der Waals surface area contributed by atoms with Crippen LogP contribution in [0.25, 0.3) is 0 Å². The summed E-state index contributed by atoms with van der Waals surface area (Å²) in [6, 6.07) is 11.3. The van der Waals surface area contributed by atoms with E-state index in [4.69, 9.17) is 19.7 Å². The largest absolute Gasteiger partial charge is 0.508 e. The van der Waals surface area contributed by atoms with Crippen molar-refractivity contribution in [3.63, 3.8) is 0 Å². The number of benzene rings is 2. The molecule has 2 rings (SSSR count). The van der Waals surface area contributed by atoms with Gasteiger partial charge in [-0.05, 0) is 74.0 Å². The molecule has 1 atom stereocenters. The van der Waals surface area contributed by atoms with Crippen LogP contribution < -0.4 is 10.0 Å². The number of phenols is 1. The molecular weight excluding hydrogens is 568 g/mol. The van der Waals surface area contributed by atoms with Gasteiger partial charge in [-0.25, -0.2) is 8.42 Å². The number of carbonyl (C=O) groups is 2. The molecule has 0 aromatic heterocycles. The molecule has 0 aliphatic carbocycles. The Hall–Kier alpha value is -3.07. The van der Waals surface area contributed by atoms with Gasteiger partial charge in [-0.15, -0.1) is 0 Å². The zero-order valence-electron chi connectivity index (χ0n) is 24.0. The molecule has 2 aromatic carbocycles. The highest BCUT2D eigenvalue weighted by molar-refractivity contribution is 7.89. The van der Waals surface area contributed by atoms with Gasteiger partial charge in [0.25, 0.3) is 5.97 Å². The van der Waals surface area contributed by atoms with Crippen LogP contribution in [0.15, 0.2) is 47.4 Å². The van der Waals surface area contributed by atoms with Gasteiger partial charge in [-0.1, -0.05) is 31.0 Å². The van der Waals surface area contributed by atoms with Gasteiger partial charge in [0.05, 0.1) is 17.6 Å². The summed E-state index contributed by atoms with van der Waals surface area (Å²) < 4.78 is 32.1. The lowest BCUT2D eigenvalue weighted by molar-refractivity contribution is -0.136. The van der Waals surface area contributed by atoms with Crippen molar-refractivity contribution in [3.05, 3.63) is 59.2 Å². The summed E-state index contributed by atoms with van der Waals surface area (Å²) in [6.45, 7) is 2.70. The number of sulfonamides is 1. The summed E-state index contributed by atoms with van der Waals surface area (Å²) in [6.07, 6.45) is 5.81. The molecule has 0 aliphatic rings. The lowest BCUT2D eigenvalue weighted by Crippen LogP contribution is -2.29. The van der Waals surface area contributed by atoms with Gasteiger partial charge in [0.2, 0.25) is 10.0 Å². The maximum Gasteiger partial charge on any atom is 0.318 e. The Bertz CT molecular complexity index is 1190. The number of aliphatic hydroxyl groups excluding tert-OH is 2. The fourth-order valence-electron chi connectivity index (χ4n) is 3.85. The van der Waals surface area contributed by atoms with Gasteiger partial charge >= 0.3 is 5.97 Å². The first-order valence-corrected chi connectivity index (χ1v) is 15.3. The number of hydrogen-bond donors (Lipinski definition) is 7. The highest BCUT2D eigenvalue weighted by Gasteiger charge is 2.15. The minimum absolute atomic E-state index is 0.0199. The molecule has 12 nitrogen and oxygen atoms in total. The Morgan fingerprint density at radius 1 is 0.952 bits per heavy atom. The summed E-state index contributed by atoms with van der Waals surface area (Å²) in [5.74, 6) is -2.05. The number of ether oxygens (including phenoxy) is 1. The Balaban J connectivity index is 0.00000206. The summed E-state index contributed by atoms with van der Waals surface area (Å²) >= 11 is 0. The smallest absolute Gasteiger partial charge is 0.318 e. The molecule has 0 unspecified atom stereocenters. The van der Waals surface area contributed by atoms with Gasteiger partial charge in [0.1, 0.15) is 12.3 Å². The Kier molecular flexibility index (Phi) is 18.3. The first kappa shape index (κ1) is 37.0. The van der Waals surface area contributed by atoms with Crippen LogP contribution >= 0.6 is 0 Å². The minimum atomic E-state index is -3.84. The number of aromatic hydroxyl groups is 1. The third-order valence-electron chi connectivity index (χ3n) is 6.01. The molecule has 0 heterocycles. The standard InChI is InChI=1S/C27H40N2O8S.C2H4O2/c30-20-23-17-22(11-12-25(23)31)26(32)18-28-13-4-1-2-5-14-37-15-6-3-8-21-9-7-10-24(16-21)38(35,36)29-19-27(33)34;1-2(3)4/h7,9-12,16-17,26,28-32H,1-6,8,13-15,18-20H2,(H,33,34);1H3,(H,3,4)/t26-;/m0./s1. The normalized spacial score (nSPS) is 11.9. The van der Waals surface area contributed by atoms with E-state index in [2.05, 4.69) is 10.0 Å². The number of carboxylic acid groups (broad SMARTS) is 2. The fraction of sp³-hybridized carbons (Fsp3) is 0.517. The molecule has 0 saturated carbocycles. The third-order valence-corrected chi connectivity index (χ3v) is 7.41. The van der Waals surface area contributed by atoms with Crippen LogP contribution in [0.4, 0.5) is 0 Å². The fourth-order valence-corrected chi connectivity index (χ4v) is 4.89. The molecule has 42 heavy (non-hydrogen) atoms. The summed E-state index contributed by atoms with van der Waals surface area (Å²) in [5.41, 5.74) is 1.93. The highest BCUT2D eigenvalue weighted by atomic mass is 32.2. The zero-order valence-corrected chi connectivity index (χ0v) is 24.8. The average molecular weight is 613 g/mol. The third kappa shape index (κ3) is 16.4. The molecule has 0 saturated heterocycles. The van der Waals surface area contributed by atoms with Crippen LogP contribution in [0.3, 0.4) is 0 Å². The van der Waals surface area contributed by atoms with Crippen molar-refractivity contribution in [2.45, 2.75) is 69.5 Å². The number of aliphatic carboxylic acids is 2. The van der Waals surface area contributed by atoms with E-state index in [-0.39, 0.29) is 17.3 Å². The van der Waals surface area contributed by atoms with Crippen LogP contribution in [0.5, 0.6) is 5.75 Å². The molecule has 236 valence electrons. The van der Waals surface area contributed by atoms with Gasteiger partial charge in [0.15, 0.2) is 0 Å². The second kappa shape index (κ2) is 20.8. The minimum Gasteiger partial charge on any atom is -0.508 e. The van der Waals surface area contributed by atoms with Crippen LogP contribution in [-0.4, -0.2) is 78.7 Å². The van der Waals surface area contributed by atoms with Gasteiger partial charge in [-0.3, -0.25) is 9.59 Å². The van der Waals surface area contributed by atoms with E-state index in [1.165, 1.54) is 12.1 Å². The number of aryl methyl sites for hydroxylation is 1. The summed E-state index contributed by atoms with van der Waals surface area (Å²) in [7, 11) is -3.84. The molecule has 0 amide bonds. The number of hydrogen-bond acceptors (Lipinski definition) is 9. The molecule has 0 bridgehead atoms. The highest BCUT2D eigenvalue weighted by Crippen LogP contribution is 2.22. The molecule has 0 radical (unpaired) electrons. The maximum absolute atomic E-state index is 12.2. The lowest BCUT2D eigenvalue weighted by Gasteiger charge is -2.14. The van der Waals surface area contributed by atoms with Crippen molar-refractivity contribution in [3.8, 4) is 5.75 Å². The van der Waals surface area contributed by atoms with Crippen molar-refractivity contribution >= 4 is 22.0 Å². The molecule has 0 aliphatic heterocycles. The molecule has 2 aromatic rings. The molecule has 13 heteroatoms. The maximum atomic E-state index is 12.2. The van der Waals surface area contributed by atoms with Crippen molar-refractivity contribution < 1.29 is 48.3 Å². The number of nitrogens with one attached hydrogen (secondary N) is 2. The average Bonchev–Trinajstić information content (AvgIpc) is 2.94. The monoisotopic (exact) mass is 612 g/mol. The topological polar surface area (TPSA) is 203 Å². The van der Waals surface area contributed by atoms with Crippen molar-refractivity contribution in [2.75, 3.05) is 32.8 Å². The van der Waals surface area contributed by atoms with E-state index in [1.54, 1.807) is 24.3 Å². The van der Waals surface area contributed by atoms with Crippen molar-refractivity contribution in [1.82, 2.24) is 10.0 Å². The van der Waals surface area contributed by atoms with Crippen LogP contribution in [0, 0.1) is 0 Å². The first-order valence-electron chi connectivity index (χ1n) is 13.9. The first-order chi connectivity index (χ1) is 20.0. The molecule has 0 spiro atoms. The Labute approximate surface area is 247 Å². The molecule has 7 N–H and O–H groups in total. The van der Waals surface area contributed by atoms with Crippen molar-refractivity contribution in [2.24, 2.45) is 0 Å². The van der Waals surface area contributed by atoms with Gasteiger partial charge in [-0.2, -0.15) is 4.72 Å². The summed E-state index contributed by atoms with van der Waals surface area (Å²) in [4.78, 5) is 19.7. The second-order valence-electron chi connectivity index (χ2n) is 9.63. The van der Waals surface area contributed by atoms with Crippen LogP contribution in [-0.2, 0) is 37.4 Å². The lowest BCUT2D eigenvalue weighted by atomic mass is 10.1. The predicted molar refractivity (Wildman–Crippen MR) is 157 cm³/mol. The number of carboxylic acids is 2. The number of rotatable bonds is 20. The second-order valence-corrected chi connectivity index (χ2v) is 11.4. The van der Waals surface area contributed by atoms with Crippen LogP contribution in [0.1, 0.15) is 68.2 Å². The molecule has 0 fully saturated rings.